The summed E-state index contributed by atoms with van der Waals surface area (Å²) in [6, 6.07) is 6.15. The lowest BCUT2D eigenvalue weighted by atomic mass is 10.3. The fourth-order valence-electron chi connectivity index (χ4n) is 2.01. The Hall–Kier alpha value is -1.88. The van der Waals surface area contributed by atoms with Gasteiger partial charge in [0.1, 0.15) is 0 Å². The number of pyridine rings is 1. The van der Waals surface area contributed by atoms with E-state index in [0.29, 0.717) is 5.69 Å². The third-order valence-electron chi connectivity index (χ3n) is 3.08. The summed E-state index contributed by atoms with van der Waals surface area (Å²) in [7, 11) is 0. The Labute approximate surface area is 114 Å². The summed E-state index contributed by atoms with van der Waals surface area (Å²) in [6.07, 6.45) is 3.54. The average molecular weight is 259 g/mol. The Balaban J connectivity index is 1.89. The van der Waals surface area contributed by atoms with Gasteiger partial charge in [-0.1, -0.05) is 13.0 Å². The number of hydrogen-bond acceptors (Lipinski definition) is 4. The second-order valence-electron chi connectivity index (χ2n) is 4.68. The highest BCUT2D eigenvalue weighted by Crippen LogP contribution is 2.04. The molecule has 0 aromatic carbocycles. The first-order valence-corrected chi connectivity index (χ1v) is 6.60. The van der Waals surface area contributed by atoms with Gasteiger partial charge in [0.25, 0.3) is 0 Å². The minimum Gasteiger partial charge on any atom is -0.396 e. The van der Waals surface area contributed by atoms with E-state index in [-0.39, 0.29) is 0 Å². The second kappa shape index (κ2) is 6.33. The van der Waals surface area contributed by atoms with Crippen LogP contribution in [0.1, 0.15) is 18.3 Å². The van der Waals surface area contributed by atoms with Crippen molar-refractivity contribution in [2.75, 3.05) is 18.8 Å². The molecule has 0 saturated carbocycles. The molecule has 5 nitrogen and oxygen atoms in total. The van der Waals surface area contributed by atoms with E-state index in [1.165, 1.54) is 0 Å². The molecule has 0 unspecified atom stereocenters. The van der Waals surface area contributed by atoms with Crippen LogP contribution in [0.5, 0.6) is 0 Å². The van der Waals surface area contributed by atoms with Crippen molar-refractivity contribution in [3.63, 3.8) is 0 Å². The van der Waals surface area contributed by atoms with Crippen LogP contribution in [0, 0.1) is 6.92 Å². The van der Waals surface area contributed by atoms with Crippen LogP contribution in [0.4, 0.5) is 5.69 Å². The van der Waals surface area contributed by atoms with Gasteiger partial charge in [-0.05, 0) is 25.6 Å². The SMILES string of the molecule is CCN(CCn1cc(N)cn1)Cc1cccc(C)n1. The number of nitrogen functional groups attached to an aromatic ring is 1. The molecular formula is C14H21N5. The molecule has 2 heterocycles. The minimum absolute atomic E-state index is 0.711. The molecule has 0 aliphatic carbocycles. The van der Waals surface area contributed by atoms with Crippen molar-refractivity contribution < 1.29 is 0 Å². The first kappa shape index (κ1) is 13.5. The van der Waals surface area contributed by atoms with Gasteiger partial charge in [0, 0.05) is 25.0 Å². The summed E-state index contributed by atoms with van der Waals surface area (Å²) < 4.78 is 1.88. The van der Waals surface area contributed by atoms with E-state index in [9.17, 15) is 0 Å². The van der Waals surface area contributed by atoms with E-state index in [0.717, 1.165) is 37.6 Å². The van der Waals surface area contributed by atoms with Gasteiger partial charge in [-0.3, -0.25) is 14.6 Å². The normalized spacial score (nSPS) is 11.1. The predicted octanol–water partition coefficient (Wildman–Crippen LogP) is 1.69. The fraction of sp³-hybridized carbons (Fsp3) is 0.429. The van der Waals surface area contributed by atoms with E-state index in [1.807, 2.05) is 23.9 Å². The smallest absolute Gasteiger partial charge is 0.0719 e. The van der Waals surface area contributed by atoms with Crippen LogP contribution >= 0.6 is 0 Å². The lowest BCUT2D eigenvalue weighted by Crippen LogP contribution is -2.27. The van der Waals surface area contributed by atoms with Gasteiger partial charge in [-0.25, -0.2) is 0 Å². The average Bonchev–Trinajstić information content (AvgIpc) is 2.80. The monoisotopic (exact) mass is 259 g/mol. The molecule has 0 spiro atoms. The number of anilines is 1. The molecule has 2 aromatic rings. The third-order valence-corrected chi connectivity index (χ3v) is 3.08. The predicted molar refractivity (Wildman–Crippen MR) is 76.6 cm³/mol. The molecule has 0 amide bonds. The van der Waals surface area contributed by atoms with Crippen molar-refractivity contribution in [2.24, 2.45) is 0 Å². The van der Waals surface area contributed by atoms with E-state index in [2.05, 4.69) is 34.0 Å². The van der Waals surface area contributed by atoms with Gasteiger partial charge in [0.15, 0.2) is 0 Å². The Bertz CT molecular complexity index is 520. The maximum Gasteiger partial charge on any atom is 0.0719 e. The van der Waals surface area contributed by atoms with Gasteiger partial charge in [0.2, 0.25) is 0 Å². The molecule has 2 rings (SSSR count). The maximum absolute atomic E-state index is 5.65. The Morgan fingerprint density at radius 3 is 2.84 bits per heavy atom. The molecule has 0 saturated heterocycles. The number of aromatic nitrogens is 3. The zero-order valence-corrected chi connectivity index (χ0v) is 11.6. The zero-order valence-electron chi connectivity index (χ0n) is 11.6. The number of aryl methyl sites for hydroxylation is 1. The Morgan fingerprint density at radius 1 is 1.37 bits per heavy atom. The Morgan fingerprint density at radius 2 is 2.21 bits per heavy atom. The number of nitrogens with zero attached hydrogens (tertiary/aromatic N) is 4. The molecule has 5 heteroatoms. The van der Waals surface area contributed by atoms with Crippen LogP contribution in [0.15, 0.2) is 30.6 Å². The highest BCUT2D eigenvalue weighted by Gasteiger charge is 2.05. The van der Waals surface area contributed by atoms with Crippen LogP contribution in [-0.4, -0.2) is 32.8 Å². The molecule has 0 fully saturated rings. The van der Waals surface area contributed by atoms with Crippen LogP contribution < -0.4 is 5.73 Å². The van der Waals surface area contributed by atoms with Crippen LogP contribution in [0.2, 0.25) is 0 Å². The van der Waals surface area contributed by atoms with E-state index < -0.39 is 0 Å². The summed E-state index contributed by atoms with van der Waals surface area (Å²) in [5.74, 6) is 0. The highest BCUT2D eigenvalue weighted by atomic mass is 15.3. The number of likely N-dealkylation sites (N-methyl/N-ethyl adjacent to an activating group) is 1. The molecule has 0 aliphatic rings. The molecular weight excluding hydrogens is 238 g/mol. The van der Waals surface area contributed by atoms with Crippen molar-refractivity contribution in [3.05, 3.63) is 42.0 Å². The van der Waals surface area contributed by atoms with E-state index in [1.54, 1.807) is 6.20 Å². The van der Waals surface area contributed by atoms with Gasteiger partial charge < -0.3 is 5.73 Å². The zero-order chi connectivity index (χ0) is 13.7. The second-order valence-corrected chi connectivity index (χ2v) is 4.68. The molecule has 2 aromatic heterocycles. The Kier molecular flexibility index (Phi) is 4.52. The largest absolute Gasteiger partial charge is 0.396 e. The van der Waals surface area contributed by atoms with E-state index in [4.69, 9.17) is 5.73 Å². The fourth-order valence-corrected chi connectivity index (χ4v) is 2.01. The van der Waals surface area contributed by atoms with Gasteiger partial charge in [-0.2, -0.15) is 5.10 Å². The van der Waals surface area contributed by atoms with Crippen molar-refractivity contribution in [1.82, 2.24) is 19.7 Å². The lowest BCUT2D eigenvalue weighted by Gasteiger charge is -2.20. The van der Waals surface area contributed by atoms with E-state index >= 15 is 0 Å². The first-order valence-electron chi connectivity index (χ1n) is 6.60. The van der Waals surface area contributed by atoms with Crippen molar-refractivity contribution >= 4 is 5.69 Å². The molecule has 0 aliphatic heterocycles. The standard InChI is InChI=1S/C14H21N5/c1-3-18(7-8-19-10-13(15)9-16-19)11-14-6-4-5-12(2)17-14/h4-6,9-10H,3,7-8,11,15H2,1-2H3. The third kappa shape index (κ3) is 4.06. The molecule has 19 heavy (non-hydrogen) atoms. The van der Waals surface area contributed by atoms with Crippen molar-refractivity contribution in [2.45, 2.75) is 26.9 Å². The van der Waals surface area contributed by atoms with Crippen LogP contribution in [0.25, 0.3) is 0 Å². The molecule has 0 atom stereocenters. The minimum atomic E-state index is 0.711. The molecule has 2 N–H and O–H groups in total. The number of rotatable bonds is 6. The summed E-state index contributed by atoms with van der Waals surface area (Å²) in [5.41, 5.74) is 8.54. The lowest BCUT2D eigenvalue weighted by molar-refractivity contribution is 0.260. The summed E-state index contributed by atoms with van der Waals surface area (Å²) in [6.45, 7) is 7.82. The number of nitrogens with two attached hydrogens (primary N) is 1. The van der Waals surface area contributed by atoms with Crippen molar-refractivity contribution in [3.8, 4) is 0 Å². The first-order chi connectivity index (χ1) is 9.17. The summed E-state index contributed by atoms with van der Waals surface area (Å²) in [5, 5.41) is 4.19. The van der Waals surface area contributed by atoms with Gasteiger partial charge >= 0.3 is 0 Å². The maximum atomic E-state index is 5.65. The summed E-state index contributed by atoms with van der Waals surface area (Å²) >= 11 is 0. The molecule has 0 radical (unpaired) electrons. The number of hydrogen-bond donors (Lipinski definition) is 1. The van der Waals surface area contributed by atoms with Gasteiger partial charge in [-0.15, -0.1) is 0 Å². The van der Waals surface area contributed by atoms with Crippen LogP contribution in [-0.2, 0) is 13.1 Å². The topological polar surface area (TPSA) is 60.0 Å². The molecule has 102 valence electrons. The van der Waals surface area contributed by atoms with Crippen LogP contribution in [0.3, 0.4) is 0 Å². The highest BCUT2D eigenvalue weighted by molar-refractivity contribution is 5.30. The van der Waals surface area contributed by atoms with Gasteiger partial charge in [0.05, 0.1) is 24.1 Å². The van der Waals surface area contributed by atoms with Crippen molar-refractivity contribution in [1.29, 1.82) is 0 Å². The summed E-state index contributed by atoms with van der Waals surface area (Å²) in [4.78, 5) is 6.88. The molecule has 0 bridgehead atoms. The quantitative estimate of drug-likeness (QED) is 0.857.